The maximum absolute atomic E-state index is 11.5. The van der Waals surface area contributed by atoms with Gasteiger partial charge in [0.2, 0.25) is 4.17 Å². The van der Waals surface area contributed by atoms with E-state index in [-0.39, 0.29) is 5.75 Å². The molecule has 0 aliphatic carbocycles. The van der Waals surface area contributed by atoms with E-state index in [4.69, 9.17) is 28.3 Å². The number of rotatable bonds is 3. The van der Waals surface area contributed by atoms with Gasteiger partial charge in [-0.2, -0.15) is 0 Å². The van der Waals surface area contributed by atoms with Crippen molar-refractivity contribution < 1.29 is 13.5 Å². The minimum Gasteiger partial charge on any atom is -0.508 e. The first kappa shape index (κ1) is 12.4. The number of benzene rings is 1. The maximum Gasteiger partial charge on any atom is 0.266 e. The Balaban J connectivity index is 3.05. The molecule has 1 aromatic carbocycles. The molecule has 0 unspecified atom stereocenters. The van der Waals surface area contributed by atoms with Gasteiger partial charge in [-0.05, 0) is 24.3 Å². The molecule has 1 N–H and O–H groups in total. The highest BCUT2D eigenvalue weighted by Gasteiger charge is 2.26. The topological polar surface area (TPSA) is 57.6 Å². The minimum atomic E-state index is -3.76. The van der Waals surface area contributed by atoms with Crippen molar-refractivity contribution in [1.82, 2.24) is 0 Å². The Kier molecular flexibility index (Phi) is 3.70. The molecule has 0 aliphatic heterocycles. The lowest BCUT2D eigenvalue weighted by molar-refractivity contribution is 0.475. The Hall–Kier alpha value is -0.650. The predicted octanol–water partition coefficient (Wildman–Crippen LogP) is 1.92. The third-order valence-electron chi connectivity index (χ3n) is 1.82. The lowest BCUT2D eigenvalue weighted by atomic mass is 10.3. The fourth-order valence-corrected chi connectivity index (χ4v) is 2.30. The number of anilines is 1. The Morgan fingerprint density at radius 1 is 1.27 bits per heavy atom. The van der Waals surface area contributed by atoms with Crippen LogP contribution in [0.25, 0.3) is 0 Å². The SMILES string of the molecule is CN(c1ccc(O)cc1)S(=O)(=O)C(Cl)Cl. The number of phenolic OH excluding ortho intramolecular Hbond substituents is 1. The predicted molar refractivity (Wildman–Crippen MR) is 60.9 cm³/mol. The van der Waals surface area contributed by atoms with Crippen LogP contribution in [0.1, 0.15) is 0 Å². The summed E-state index contributed by atoms with van der Waals surface area (Å²) in [6, 6.07) is 5.64. The largest absolute Gasteiger partial charge is 0.508 e. The summed E-state index contributed by atoms with van der Waals surface area (Å²) >= 11 is 10.7. The zero-order valence-corrected chi connectivity index (χ0v) is 10.1. The van der Waals surface area contributed by atoms with Crippen LogP contribution in [0.4, 0.5) is 5.69 Å². The Bertz CT molecular complexity index is 430. The van der Waals surface area contributed by atoms with Gasteiger partial charge in [-0.15, -0.1) is 0 Å². The van der Waals surface area contributed by atoms with Gasteiger partial charge in [0.1, 0.15) is 5.75 Å². The molecule has 0 spiro atoms. The molecule has 0 atom stereocenters. The van der Waals surface area contributed by atoms with Crippen molar-refractivity contribution in [2.75, 3.05) is 11.4 Å². The van der Waals surface area contributed by atoms with Gasteiger partial charge in [0.15, 0.2) is 0 Å². The van der Waals surface area contributed by atoms with Crippen molar-refractivity contribution in [1.29, 1.82) is 0 Å². The van der Waals surface area contributed by atoms with Gasteiger partial charge in [-0.3, -0.25) is 4.31 Å². The van der Waals surface area contributed by atoms with Gasteiger partial charge in [0.05, 0.1) is 5.69 Å². The smallest absolute Gasteiger partial charge is 0.266 e. The third kappa shape index (κ3) is 2.68. The van der Waals surface area contributed by atoms with Gasteiger partial charge < -0.3 is 5.11 Å². The highest BCUT2D eigenvalue weighted by atomic mass is 35.5. The first-order chi connectivity index (χ1) is 6.85. The summed E-state index contributed by atoms with van der Waals surface area (Å²) in [6.45, 7) is 0. The van der Waals surface area contributed by atoms with E-state index in [0.29, 0.717) is 5.69 Å². The first-order valence-electron chi connectivity index (χ1n) is 3.90. The number of nitrogens with zero attached hydrogens (tertiary/aromatic N) is 1. The van der Waals surface area contributed by atoms with Crippen molar-refractivity contribution in [3.63, 3.8) is 0 Å². The standard InChI is InChI=1S/C8H9Cl2NO3S/c1-11(15(13,14)8(9)10)6-2-4-7(12)5-3-6/h2-5,8,12H,1H3. The number of alkyl halides is 2. The fraction of sp³-hybridized carbons (Fsp3) is 0.250. The number of hydrogen-bond donors (Lipinski definition) is 1. The van der Waals surface area contributed by atoms with E-state index in [9.17, 15) is 8.42 Å². The molecule has 0 aliphatic rings. The van der Waals surface area contributed by atoms with E-state index in [2.05, 4.69) is 0 Å². The van der Waals surface area contributed by atoms with Gasteiger partial charge >= 0.3 is 0 Å². The molecule has 0 saturated carbocycles. The van der Waals surface area contributed by atoms with Crippen molar-refractivity contribution >= 4 is 38.9 Å². The second-order valence-electron chi connectivity index (χ2n) is 2.79. The molecule has 1 rings (SSSR count). The minimum absolute atomic E-state index is 0.0536. The van der Waals surface area contributed by atoms with Crippen LogP contribution >= 0.6 is 23.2 Å². The lowest BCUT2D eigenvalue weighted by Crippen LogP contribution is -2.30. The molecule has 0 amide bonds. The zero-order chi connectivity index (χ0) is 11.6. The molecule has 0 saturated heterocycles. The van der Waals surface area contributed by atoms with Gasteiger partial charge in [-0.1, -0.05) is 23.2 Å². The highest BCUT2D eigenvalue weighted by molar-refractivity contribution is 7.95. The molecule has 0 fully saturated rings. The molecule has 0 aromatic heterocycles. The van der Waals surface area contributed by atoms with E-state index < -0.39 is 14.2 Å². The molecule has 0 heterocycles. The summed E-state index contributed by atoms with van der Waals surface area (Å²) in [5.74, 6) is 0.0536. The van der Waals surface area contributed by atoms with Crippen molar-refractivity contribution in [3.8, 4) is 5.75 Å². The van der Waals surface area contributed by atoms with Crippen LogP contribution in [0.5, 0.6) is 5.75 Å². The number of phenols is 1. The maximum atomic E-state index is 11.5. The van der Waals surface area contributed by atoms with E-state index in [1.807, 2.05) is 0 Å². The van der Waals surface area contributed by atoms with E-state index >= 15 is 0 Å². The molecule has 1 aromatic rings. The second kappa shape index (κ2) is 4.47. The fourth-order valence-electron chi connectivity index (χ4n) is 0.929. The average Bonchev–Trinajstić information content (AvgIpc) is 2.17. The summed E-state index contributed by atoms with van der Waals surface area (Å²) in [7, 11) is -2.43. The monoisotopic (exact) mass is 269 g/mol. The molecular weight excluding hydrogens is 261 g/mol. The molecule has 7 heteroatoms. The normalized spacial score (nSPS) is 11.7. The van der Waals surface area contributed by atoms with E-state index in [1.54, 1.807) is 0 Å². The first-order valence-corrected chi connectivity index (χ1v) is 6.28. The zero-order valence-electron chi connectivity index (χ0n) is 7.76. The van der Waals surface area contributed by atoms with Gasteiger partial charge in [-0.25, -0.2) is 8.42 Å². The number of sulfonamides is 1. The summed E-state index contributed by atoms with van der Waals surface area (Å²) < 4.78 is 22.5. The molecule has 15 heavy (non-hydrogen) atoms. The Labute approximate surface area is 98.1 Å². The number of hydrogen-bond acceptors (Lipinski definition) is 3. The van der Waals surface area contributed by atoms with Crippen LogP contribution in [-0.4, -0.2) is 24.7 Å². The van der Waals surface area contributed by atoms with Crippen molar-refractivity contribution in [2.45, 2.75) is 4.17 Å². The molecular formula is C8H9Cl2NO3S. The van der Waals surface area contributed by atoms with E-state index in [1.165, 1.54) is 31.3 Å². The van der Waals surface area contributed by atoms with Crippen molar-refractivity contribution in [2.24, 2.45) is 0 Å². The quantitative estimate of drug-likeness (QED) is 0.854. The molecule has 84 valence electrons. The number of aromatic hydroxyl groups is 1. The summed E-state index contributed by atoms with van der Waals surface area (Å²) in [5, 5.41) is 9.03. The molecule has 4 nitrogen and oxygen atoms in total. The Morgan fingerprint density at radius 3 is 2.13 bits per heavy atom. The van der Waals surface area contributed by atoms with Crippen molar-refractivity contribution in [3.05, 3.63) is 24.3 Å². The van der Waals surface area contributed by atoms with Crippen LogP contribution in [0, 0.1) is 0 Å². The molecule has 0 radical (unpaired) electrons. The highest BCUT2D eigenvalue weighted by Crippen LogP contribution is 2.24. The summed E-state index contributed by atoms with van der Waals surface area (Å²) in [5.41, 5.74) is 0.374. The summed E-state index contributed by atoms with van der Waals surface area (Å²) in [6.07, 6.45) is 0. The summed E-state index contributed by atoms with van der Waals surface area (Å²) in [4.78, 5) is 0. The third-order valence-corrected chi connectivity index (χ3v) is 4.60. The van der Waals surface area contributed by atoms with Gasteiger partial charge in [0.25, 0.3) is 10.0 Å². The average molecular weight is 270 g/mol. The van der Waals surface area contributed by atoms with Crippen LogP contribution in [0.3, 0.4) is 0 Å². The Morgan fingerprint density at radius 2 is 1.73 bits per heavy atom. The molecule has 0 bridgehead atoms. The van der Waals surface area contributed by atoms with Gasteiger partial charge in [0, 0.05) is 7.05 Å². The van der Waals surface area contributed by atoms with Crippen LogP contribution < -0.4 is 4.31 Å². The second-order valence-corrected chi connectivity index (χ2v) is 6.45. The van der Waals surface area contributed by atoms with Crippen LogP contribution in [-0.2, 0) is 10.0 Å². The van der Waals surface area contributed by atoms with Crippen LogP contribution in [0.15, 0.2) is 24.3 Å². The van der Waals surface area contributed by atoms with Crippen LogP contribution in [0.2, 0.25) is 0 Å². The number of halogens is 2. The van der Waals surface area contributed by atoms with E-state index in [0.717, 1.165) is 4.31 Å². The lowest BCUT2D eigenvalue weighted by Gasteiger charge is -2.19.